The SMILES string of the molecule is COc1c(N)cccc1-c1ncc(C(=O)N2CCN(C(=O)O)CC2)s1. The van der Waals surface area contributed by atoms with Gasteiger partial charge in [-0.25, -0.2) is 9.78 Å². The maximum absolute atomic E-state index is 12.6. The third kappa shape index (κ3) is 3.36. The Balaban J connectivity index is 1.77. The van der Waals surface area contributed by atoms with Crippen molar-refractivity contribution in [1.29, 1.82) is 0 Å². The Hall–Kier alpha value is -2.81. The van der Waals surface area contributed by atoms with E-state index in [0.29, 0.717) is 47.5 Å². The van der Waals surface area contributed by atoms with E-state index in [2.05, 4.69) is 4.98 Å². The zero-order chi connectivity index (χ0) is 18.0. The van der Waals surface area contributed by atoms with Gasteiger partial charge < -0.3 is 25.4 Å². The lowest BCUT2D eigenvalue weighted by Gasteiger charge is -2.32. The van der Waals surface area contributed by atoms with Crippen LogP contribution >= 0.6 is 11.3 Å². The zero-order valence-corrected chi connectivity index (χ0v) is 14.5. The summed E-state index contributed by atoms with van der Waals surface area (Å²) in [6.07, 6.45) is 0.579. The maximum atomic E-state index is 12.6. The van der Waals surface area contributed by atoms with E-state index in [-0.39, 0.29) is 5.91 Å². The van der Waals surface area contributed by atoms with Crippen LogP contribution < -0.4 is 10.5 Å². The number of amides is 2. The smallest absolute Gasteiger partial charge is 0.407 e. The second kappa shape index (κ2) is 6.98. The highest BCUT2D eigenvalue weighted by Crippen LogP contribution is 2.36. The number of carbonyl (C=O) groups is 2. The second-order valence-electron chi connectivity index (χ2n) is 5.52. The molecule has 0 unspecified atom stereocenters. The zero-order valence-electron chi connectivity index (χ0n) is 13.6. The van der Waals surface area contributed by atoms with Crippen molar-refractivity contribution in [2.75, 3.05) is 39.0 Å². The first-order valence-electron chi connectivity index (χ1n) is 7.67. The fraction of sp³-hybridized carbons (Fsp3) is 0.312. The molecule has 1 fully saturated rings. The minimum absolute atomic E-state index is 0.142. The van der Waals surface area contributed by atoms with Crippen molar-refractivity contribution in [2.45, 2.75) is 0 Å². The van der Waals surface area contributed by atoms with Crippen molar-refractivity contribution in [3.63, 3.8) is 0 Å². The van der Waals surface area contributed by atoms with Gasteiger partial charge in [-0.1, -0.05) is 6.07 Å². The number of rotatable bonds is 3. The summed E-state index contributed by atoms with van der Waals surface area (Å²) in [4.78, 5) is 31.3. The molecule has 0 radical (unpaired) electrons. The van der Waals surface area contributed by atoms with Gasteiger partial charge in [-0.3, -0.25) is 4.79 Å². The number of aromatic nitrogens is 1. The van der Waals surface area contributed by atoms with Crippen LogP contribution in [0.3, 0.4) is 0 Å². The quantitative estimate of drug-likeness (QED) is 0.807. The van der Waals surface area contributed by atoms with Crippen molar-refractivity contribution in [3.05, 3.63) is 29.3 Å². The van der Waals surface area contributed by atoms with Crippen molar-refractivity contribution in [3.8, 4) is 16.3 Å². The third-order valence-electron chi connectivity index (χ3n) is 4.03. The summed E-state index contributed by atoms with van der Waals surface area (Å²) in [6, 6.07) is 5.39. The van der Waals surface area contributed by atoms with Gasteiger partial charge in [0.25, 0.3) is 5.91 Å². The van der Waals surface area contributed by atoms with E-state index >= 15 is 0 Å². The second-order valence-corrected chi connectivity index (χ2v) is 6.55. The van der Waals surface area contributed by atoms with Crippen LogP contribution in [0.15, 0.2) is 24.4 Å². The molecule has 0 atom stereocenters. The van der Waals surface area contributed by atoms with Crippen molar-refractivity contribution >= 4 is 29.0 Å². The Bertz CT molecular complexity index is 799. The molecule has 1 aromatic carbocycles. The van der Waals surface area contributed by atoms with Gasteiger partial charge in [-0.2, -0.15) is 0 Å². The molecule has 1 aliphatic rings. The number of carbonyl (C=O) groups excluding carboxylic acids is 1. The lowest BCUT2D eigenvalue weighted by Crippen LogP contribution is -2.50. The number of carboxylic acid groups (broad SMARTS) is 1. The van der Waals surface area contributed by atoms with Gasteiger partial charge in [0.1, 0.15) is 9.88 Å². The number of methoxy groups -OCH3 is 1. The molecule has 2 amide bonds. The lowest BCUT2D eigenvalue weighted by atomic mass is 10.2. The highest BCUT2D eigenvalue weighted by Gasteiger charge is 2.26. The summed E-state index contributed by atoms with van der Waals surface area (Å²) in [5.41, 5.74) is 7.16. The van der Waals surface area contributed by atoms with Crippen molar-refractivity contribution in [2.24, 2.45) is 0 Å². The van der Waals surface area contributed by atoms with Gasteiger partial charge >= 0.3 is 6.09 Å². The predicted molar refractivity (Wildman–Crippen MR) is 94.0 cm³/mol. The number of nitrogens with two attached hydrogens (primary N) is 1. The number of benzene rings is 1. The van der Waals surface area contributed by atoms with Crippen molar-refractivity contribution in [1.82, 2.24) is 14.8 Å². The van der Waals surface area contributed by atoms with E-state index in [4.69, 9.17) is 15.6 Å². The summed E-state index contributed by atoms with van der Waals surface area (Å²) < 4.78 is 5.34. The highest BCUT2D eigenvalue weighted by molar-refractivity contribution is 7.16. The molecule has 9 heteroatoms. The van der Waals surface area contributed by atoms with Gasteiger partial charge in [0.05, 0.1) is 24.6 Å². The molecule has 0 spiro atoms. The summed E-state index contributed by atoms with van der Waals surface area (Å²) in [6.45, 7) is 1.38. The van der Waals surface area contributed by atoms with E-state index in [1.54, 1.807) is 17.0 Å². The van der Waals surface area contributed by atoms with Crippen molar-refractivity contribution < 1.29 is 19.4 Å². The first-order valence-corrected chi connectivity index (χ1v) is 8.48. The molecule has 25 heavy (non-hydrogen) atoms. The van der Waals surface area contributed by atoms with Crippen LogP contribution in [0.4, 0.5) is 10.5 Å². The average Bonchev–Trinajstić information content (AvgIpc) is 3.11. The number of para-hydroxylation sites is 1. The topological polar surface area (TPSA) is 109 Å². The van der Waals surface area contributed by atoms with Gasteiger partial charge in [-0.05, 0) is 12.1 Å². The monoisotopic (exact) mass is 362 g/mol. The fourth-order valence-corrected chi connectivity index (χ4v) is 3.61. The minimum atomic E-state index is -0.957. The van der Waals surface area contributed by atoms with Gasteiger partial charge in [0.15, 0.2) is 5.75 Å². The predicted octanol–water partition coefficient (Wildman–Crippen LogP) is 1.84. The largest absolute Gasteiger partial charge is 0.494 e. The van der Waals surface area contributed by atoms with Crippen LogP contribution in [0.1, 0.15) is 9.67 Å². The number of piperazine rings is 1. The molecule has 0 aliphatic carbocycles. The molecule has 1 aliphatic heterocycles. The first kappa shape index (κ1) is 17.0. The number of hydrogen-bond donors (Lipinski definition) is 2. The molecule has 0 saturated carbocycles. The van der Waals surface area contributed by atoms with E-state index in [1.165, 1.54) is 29.5 Å². The fourth-order valence-electron chi connectivity index (χ4n) is 2.71. The molecule has 1 aromatic heterocycles. The van der Waals surface area contributed by atoms with Crippen LogP contribution in [0.2, 0.25) is 0 Å². The molecule has 2 heterocycles. The maximum Gasteiger partial charge on any atom is 0.407 e. The Morgan fingerprint density at radius 3 is 2.56 bits per heavy atom. The van der Waals surface area contributed by atoms with Gasteiger partial charge in [0.2, 0.25) is 0 Å². The summed E-state index contributed by atoms with van der Waals surface area (Å²) in [7, 11) is 1.54. The minimum Gasteiger partial charge on any atom is -0.494 e. The van der Waals surface area contributed by atoms with Gasteiger partial charge in [-0.15, -0.1) is 11.3 Å². The van der Waals surface area contributed by atoms with Crippen LogP contribution in [0.25, 0.3) is 10.6 Å². The molecule has 3 rings (SSSR count). The third-order valence-corrected chi connectivity index (χ3v) is 5.05. The number of hydrogen-bond acceptors (Lipinski definition) is 6. The van der Waals surface area contributed by atoms with Gasteiger partial charge in [0, 0.05) is 26.2 Å². The average molecular weight is 362 g/mol. The Morgan fingerprint density at radius 1 is 1.24 bits per heavy atom. The van der Waals surface area contributed by atoms with Crippen LogP contribution in [0, 0.1) is 0 Å². The van der Waals surface area contributed by atoms with Crippen LogP contribution in [-0.4, -0.2) is 65.2 Å². The number of anilines is 1. The van der Waals surface area contributed by atoms with E-state index < -0.39 is 6.09 Å². The molecule has 0 bridgehead atoms. The van der Waals surface area contributed by atoms with E-state index in [0.717, 1.165) is 5.56 Å². The molecule has 8 nitrogen and oxygen atoms in total. The van der Waals surface area contributed by atoms with Crippen LogP contribution in [-0.2, 0) is 0 Å². The molecular weight excluding hydrogens is 344 g/mol. The Kier molecular flexibility index (Phi) is 4.75. The molecular formula is C16H18N4O4S. The Morgan fingerprint density at radius 2 is 1.92 bits per heavy atom. The van der Waals surface area contributed by atoms with E-state index in [1.807, 2.05) is 6.07 Å². The molecule has 1 saturated heterocycles. The lowest BCUT2D eigenvalue weighted by molar-refractivity contribution is 0.0629. The molecule has 2 aromatic rings. The highest BCUT2D eigenvalue weighted by atomic mass is 32.1. The normalized spacial score (nSPS) is 14.4. The molecule has 3 N–H and O–H groups in total. The summed E-state index contributed by atoms with van der Waals surface area (Å²) >= 11 is 1.27. The summed E-state index contributed by atoms with van der Waals surface area (Å²) in [5.74, 6) is 0.391. The number of nitrogens with zero attached hydrogens (tertiary/aromatic N) is 3. The van der Waals surface area contributed by atoms with E-state index in [9.17, 15) is 9.59 Å². The number of nitrogen functional groups attached to an aromatic ring is 1. The summed E-state index contributed by atoms with van der Waals surface area (Å²) in [5, 5.41) is 9.62. The molecule has 132 valence electrons. The number of ether oxygens (including phenoxy) is 1. The Labute approximate surface area is 148 Å². The standard InChI is InChI=1S/C16H18N4O4S/c1-24-13-10(3-2-4-11(13)17)14-18-9-12(25-14)15(21)19-5-7-20(8-6-19)16(22)23/h2-4,9H,5-8,17H2,1H3,(H,22,23). The number of thiazole rings is 1. The van der Waals surface area contributed by atoms with Crippen LogP contribution in [0.5, 0.6) is 5.75 Å². The first-order chi connectivity index (χ1) is 12.0.